The third-order valence-electron chi connectivity index (χ3n) is 4.90. The van der Waals surface area contributed by atoms with Crippen molar-refractivity contribution in [3.8, 4) is 0 Å². The van der Waals surface area contributed by atoms with E-state index in [4.69, 9.17) is 0 Å². The van der Waals surface area contributed by atoms with Crippen molar-refractivity contribution in [3.63, 3.8) is 0 Å². The summed E-state index contributed by atoms with van der Waals surface area (Å²) in [6.45, 7) is 0. The minimum atomic E-state index is 1.25. The first-order valence-electron chi connectivity index (χ1n) is 4.47. The Bertz CT molecular complexity index is 133. The molecule has 0 spiro atoms. The van der Waals surface area contributed by atoms with Gasteiger partial charge in [-0.25, -0.2) is 0 Å². The molecule has 0 nitrogen and oxygen atoms in total. The molecule has 8 saturated carbocycles. The Kier molecular flexibility index (Phi) is 0.395. The molecule has 8 fully saturated rings. The van der Waals surface area contributed by atoms with Gasteiger partial charge < -0.3 is 0 Å². The Labute approximate surface area is 55.6 Å². The molecule has 8 rings (SSSR count). The van der Waals surface area contributed by atoms with Crippen molar-refractivity contribution in [2.75, 3.05) is 0 Å². The van der Waals surface area contributed by atoms with Gasteiger partial charge >= 0.3 is 0 Å². The average molecular weight is 120 g/mol. The second kappa shape index (κ2) is 0.889. The molecule has 8 aliphatic rings. The summed E-state index contributed by atoms with van der Waals surface area (Å²) in [5.74, 6) is 7.61. The third kappa shape index (κ3) is 0.210. The highest BCUT2D eigenvalue weighted by atomic mass is 14.8. The molecule has 6 bridgehead atoms. The Morgan fingerprint density at radius 2 is 1.22 bits per heavy atom. The minimum absolute atomic E-state index is 1.25. The third-order valence-corrected chi connectivity index (χ3v) is 4.90. The number of rotatable bonds is 0. The first-order chi connectivity index (χ1) is 4.47. The maximum atomic E-state index is 1.66. The molecule has 0 aromatic rings. The van der Waals surface area contributed by atoms with Gasteiger partial charge in [0.25, 0.3) is 0 Å². The molecule has 0 N–H and O–H groups in total. The smallest absolute Gasteiger partial charge is 0.0318 e. The standard InChI is InChI=1S/C9H12/c1-2-5-7-3-6-4(1)8(7)9(5)6/h4-9H,1-3H2/t4?,5?,6-,7?,8?,9?/m0/s1. The van der Waals surface area contributed by atoms with Gasteiger partial charge in [0.1, 0.15) is 0 Å². The minimum Gasteiger partial charge on any atom is -0.0496 e. The summed E-state index contributed by atoms with van der Waals surface area (Å²) in [5.41, 5.74) is 0. The van der Waals surface area contributed by atoms with E-state index in [2.05, 4.69) is 0 Å². The molecule has 48 valence electrons. The second-order valence-electron chi connectivity index (χ2n) is 4.62. The van der Waals surface area contributed by atoms with Crippen LogP contribution >= 0.6 is 0 Å². The van der Waals surface area contributed by atoms with Gasteiger partial charge in [-0.05, 0) is 54.8 Å². The second-order valence-corrected chi connectivity index (χ2v) is 4.62. The Morgan fingerprint density at radius 3 is 1.56 bits per heavy atom. The van der Waals surface area contributed by atoms with Crippen molar-refractivity contribution in [1.29, 1.82) is 0 Å². The van der Waals surface area contributed by atoms with Crippen molar-refractivity contribution in [3.05, 3.63) is 0 Å². The number of hydrogen-bond donors (Lipinski definition) is 0. The maximum absolute atomic E-state index is 1.66. The molecule has 9 heavy (non-hydrogen) atoms. The van der Waals surface area contributed by atoms with Crippen LogP contribution in [0.2, 0.25) is 0 Å². The molecule has 0 heterocycles. The topological polar surface area (TPSA) is 0 Å². The van der Waals surface area contributed by atoms with Crippen molar-refractivity contribution < 1.29 is 0 Å². The summed E-state index contributed by atoms with van der Waals surface area (Å²) in [5, 5.41) is 0. The van der Waals surface area contributed by atoms with Crippen molar-refractivity contribution >= 4 is 0 Å². The molecule has 5 unspecified atom stereocenters. The predicted molar refractivity (Wildman–Crippen MR) is 34.8 cm³/mol. The van der Waals surface area contributed by atoms with Gasteiger partial charge in [0.05, 0.1) is 0 Å². The van der Waals surface area contributed by atoms with Gasteiger partial charge in [0.15, 0.2) is 0 Å². The predicted octanol–water partition coefficient (Wildman–Crippen LogP) is 1.91. The zero-order chi connectivity index (χ0) is 5.59. The van der Waals surface area contributed by atoms with Crippen LogP contribution < -0.4 is 0 Å². The van der Waals surface area contributed by atoms with Gasteiger partial charge in [0, 0.05) is 0 Å². The Morgan fingerprint density at radius 1 is 0.667 bits per heavy atom. The molecule has 0 aromatic heterocycles. The van der Waals surface area contributed by atoms with E-state index in [0.29, 0.717) is 0 Å². The van der Waals surface area contributed by atoms with Gasteiger partial charge in [-0.1, -0.05) is 0 Å². The lowest BCUT2D eigenvalue weighted by Gasteiger charge is -2.63. The van der Waals surface area contributed by atoms with Crippen molar-refractivity contribution in [2.24, 2.45) is 35.5 Å². The lowest BCUT2D eigenvalue weighted by molar-refractivity contribution is -0.154. The van der Waals surface area contributed by atoms with Crippen molar-refractivity contribution in [1.82, 2.24) is 0 Å². The van der Waals surface area contributed by atoms with Gasteiger partial charge in [-0.3, -0.25) is 0 Å². The van der Waals surface area contributed by atoms with Gasteiger partial charge in [-0.15, -0.1) is 0 Å². The van der Waals surface area contributed by atoms with Gasteiger partial charge in [0.2, 0.25) is 0 Å². The lowest BCUT2D eigenvalue weighted by atomic mass is 9.42. The maximum Gasteiger partial charge on any atom is -0.0318 e. The van der Waals surface area contributed by atoms with Crippen LogP contribution in [-0.2, 0) is 0 Å². The average Bonchev–Trinajstić information content (AvgIpc) is 2.48. The molecule has 6 atom stereocenters. The normalized spacial score (nSPS) is 80.0. The van der Waals surface area contributed by atoms with Crippen LogP contribution in [0.4, 0.5) is 0 Å². The molecule has 0 aliphatic heterocycles. The SMILES string of the molecule is C1CC2C3C4C[C@@H]2C3C14. The molecular weight excluding hydrogens is 108 g/mol. The molecule has 0 aromatic carbocycles. The van der Waals surface area contributed by atoms with E-state index in [-0.39, 0.29) is 0 Å². The monoisotopic (exact) mass is 120 g/mol. The quantitative estimate of drug-likeness (QED) is 0.458. The Hall–Kier alpha value is 0. The molecule has 0 amide bonds. The van der Waals surface area contributed by atoms with Crippen LogP contribution in [0.1, 0.15) is 19.3 Å². The highest BCUT2D eigenvalue weighted by Gasteiger charge is 2.74. The molecule has 0 saturated heterocycles. The van der Waals surface area contributed by atoms with Crippen molar-refractivity contribution in [2.45, 2.75) is 19.3 Å². The lowest BCUT2D eigenvalue weighted by Crippen LogP contribution is -2.58. The van der Waals surface area contributed by atoms with E-state index >= 15 is 0 Å². The Balaban J connectivity index is 1.97. The fourth-order valence-corrected chi connectivity index (χ4v) is 4.80. The van der Waals surface area contributed by atoms with Crippen LogP contribution in [0.5, 0.6) is 0 Å². The largest absolute Gasteiger partial charge is 0.0496 e. The van der Waals surface area contributed by atoms with Crippen LogP contribution in [0.3, 0.4) is 0 Å². The fourth-order valence-electron chi connectivity index (χ4n) is 4.80. The summed E-state index contributed by atoms with van der Waals surface area (Å²) in [6, 6.07) is 0. The fraction of sp³-hybridized carbons (Fsp3) is 1.00. The van der Waals surface area contributed by atoms with E-state index in [0.717, 1.165) is 0 Å². The first-order valence-corrected chi connectivity index (χ1v) is 4.47. The molecule has 0 radical (unpaired) electrons. The van der Waals surface area contributed by atoms with Crippen LogP contribution in [0.15, 0.2) is 0 Å². The summed E-state index contributed by atoms with van der Waals surface area (Å²) >= 11 is 0. The first kappa shape index (κ1) is 4.00. The van der Waals surface area contributed by atoms with Crippen LogP contribution in [0, 0.1) is 35.5 Å². The summed E-state index contributed by atoms with van der Waals surface area (Å²) in [4.78, 5) is 0. The van der Waals surface area contributed by atoms with Crippen LogP contribution in [-0.4, -0.2) is 0 Å². The zero-order valence-electron chi connectivity index (χ0n) is 5.59. The summed E-state index contributed by atoms with van der Waals surface area (Å²) < 4.78 is 0. The van der Waals surface area contributed by atoms with Gasteiger partial charge in [-0.2, -0.15) is 0 Å². The van der Waals surface area contributed by atoms with E-state index in [1.165, 1.54) is 35.5 Å². The molecule has 0 heteroatoms. The highest BCUT2D eigenvalue weighted by Crippen LogP contribution is 2.80. The van der Waals surface area contributed by atoms with E-state index in [1.807, 2.05) is 0 Å². The van der Waals surface area contributed by atoms with E-state index in [1.54, 1.807) is 19.3 Å². The molecule has 8 aliphatic carbocycles. The molecular formula is C9H12. The van der Waals surface area contributed by atoms with E-state index in [9.17, 15) is 0 Å². The zero-order valence-corrected chi connectivity index (χ0v) is 5.59. The highest BCUT2D eigenvalue weighted by molar-refractivity contribution is 5.22. The number of hydrogen-bond acceptors (Lipinski definition) is 0. The summed E-state index contributed by atoms with van der Waals surface area (Å²) in [7, 11) is 0. The summed E-state index contributed by atoms with van der Waals surface area (Å²) in [6.07, 6.45) is 4.89. The van der Waals surface area contributed by atoms with Crippen LogP contribution in [0.25, 0.3) is 0 Å². The van der Waals surface area contributed by atoms with E-state index < -0.39 is 0 Å².